The molecule has 0 spiro atoms. The molecule has 2 atom stereocenters. The maximum Gasteiger partial charge on any atom is 0.339 e. The average molecular weight is 592 g/mol. The third-order valence-electron chi connectivity index (χ3n) is 10.6. The second-order valence-corrected chi connectivity index (χ2v) is 12.9. The number of carbonyl (C=O) groups excluding carboxylic acids is 2. The second-order valence-electron chi connectivity index (χ2n) is 12.9. The Balaban J connectivity index is 1.04. The van der Waals surface area contributed by atoms with Crippen LogP contribution >= 0.6 is 0 Å². The van der Waals surface area contributed by atoms with Crippen molar-refractivity contribution in [2.24, 2.45) is 0 Å². The zero-order valence-corrected chi connectivity index (χ0v) is 25.7. The molecule has 3 aliphatic heterocycles. The molecule has 2 unspecified atom stereocenters. The lowest BCUT2D eigenvalue weighted by atomic mass is 9.70. The number of fused-ring (bicyclic) bond motifs is 3. The summed E-state index contributed by atoms with van der Waals surface area (Å²) in [4.78, 5) is 39.0. The van der Waals surface area contributed by atoms with Gasteiger partial charge in [-0.05, 0) is 93.7 Å². The molecule has 228 valence electrons. The number of ether oxygens (including phenoxy) is 1. The minimum atomic E-state index is -0.454. The Labute approximate surface area is 259 Å². The molecule has 7 rings (SSSR count). The largest absolute Gasteiger partial charge is 0.465 e. The van der Waals surface area contributed by atoms with Gasteiger partial charge in [-0.25, -0.2) is 9.78 Å². The zero-order valence-electron chi connectivity index (χ0n) is 25.7. The second kappa shape index (κ2) is 11.8. The first kappa shape index (κ1) is 28.7. The lowest BCUT2D eigenvalue weighted by Gasteiger charge is -2.45. The molecule has 4 aromatic rings. The van der Waals surface area contributed by atoms with E-state index in [0.717, 1.165) is 37.1 Å². The number of rotatable bonds is 7. The smallest absolute Gasteiger partial charge is 0.339 e. The molecule has 2 bridgehead atoms. The van der Waals surface area contributed by atoms with Gasteiger partial charge in [0.05, 0.1) is 23.7 Å². The molecule has 0 radical (unpaired) electrons. The molecule has 3 aliphatic rings. The van der Waals surface area contributed by atoms with Gasteiger partial charge in [-0.3, -0.25) is 14.7 Å². The van der Waals surface area contributed by atoms with Crippen molar-refractivity contribution in [3.63, 3.8) is 0 Å². The van der Waals surface area contributed by atoms with Gasteiger partial charge in [0.2, 0.25) is 0 Å². The van der Waals surface area contributed by atoms with Crippen LogP contribution in [-0.4, -0.2) is 75.0 Å². The van der Waals surface area contributed by atoms with Gasteiger partial charge in [0.1, 0.15) is 11.5 Å². The van der Waals surface area contributed by atoms with Crippen LogP contribution in [0.5, 0.6) is 0 Å². The number of nitrogens with zero attached hydrogens (tertiary/aromatic N) is 5. The number of carbonyl (C=O) groups is 2. The van der Waals surface area contributed by atoms with Crippen LogP contribution in [0.15, 0.2) is 72.9 Å². The lowest BCUT2D eigenvalue weighted by Crippen LogP contribution is -2.49. The number of pyridine rings is 1. The Morgan fingerprint density at radius 1 is 0.909 bits per heavy atom. The lowest BCUT2D eigenvalue weighted by molar-refractivity contribution is 0.0586. The van der Waals surface area contributed by atoms with E-state index in [9.17, 15) is 9.59 Å². The van der Waals surface area contributed by atoms with Crippen LogP contribution in [0.4, 0.5) is 0 Å². The Bertz CT molecular complexity index is 1630. The highest BCUT2D eigenvalue weighted by molar-refractivity contribution is 5.94. The number of para-hydroxylation sites is 2. The summed E-state index contributed by atoms with van der Waals surface area (Å²) in [5.41, 5.74) is 4.50. The summed E-state index contributed by atoms with van der Waals surface area (Å²) in [7, 11) is 1.34. The van der Waals surface area contributed by atoms with Crippen LogP contribution in [0.2, 0.25) is 0 Å². The van der Waals surface area contributed by atoms with Gasteiger partial charge in [-0.1, -0.05) is 42.5 Å². The predicted octanol–water partition coefficient (Wildman–Crippen LogP) is 5.96. The van der Waals surface area contributed by atoms with Crippen LogP contribution in [0.25, 0.3) is 11.0 Å². The third kappa shape index (κ3) is 5.19. The number of aromatic nitrogens is 3. The molecule has 1 amide bonds. The number of benzene rings is 2. The Morgan fingerprint density at radius 2 is 1.61 bits per heavy atom. The highest BCUT2D eigenvalue weighted by Gasteiger charge is 2.44. The van der Waals surface area contributed by atoms with Crippen molar-refractivity contribution in [3.05, 3.63) is 95.6 Å². The van der Waals surface area contributed by atoms with Crippen LogP contribution in [-0.2, 0) is 10.2 Å². The fourth-order valence-electron chi connectivity index (χ4n) is 8.32. The Kier molecular flexibility index (Phi) is 7.70. The van der Waals surface area contributed by atoms with Crippen molar-refractivity contribution in [1.29, 1.82) is 0 Å². The summed E-state index contributed by atoms with van der Waals surface area (Å²) < 4.78 is 7.27. The molecular weight excluding hydrogens is 550 g/mol. The van der Waals surface area contributed by atoms with Gasteiger partial charge >= 0.3 is 5.97 Å². The van der Waals surface area contributed by atoms with Crippen molar-refractivity contribution < 1.29 is 14.3 Å². The van der Waals surface area contributed by atoms with E-state index >= 15 is 0 Å². The number of hydrogen-bond acceptors (Lipinski definition) is 6. The van der Waals surface area contributed by atoms with Gasteiger partial charge in [0.25, 0.3) is 5.91 Å². The van der Waals surface area contributed by atoms with Crippen LogP contribution in [0.1, 0.15) is 83.2 Å². The van der Waals surface area contributed by atoms with E-state index in [4.69, 9.17) is 9.72 Å². The topological polar surface area (TPSA) is 80.6 Å². The minimum Gasteiger partial charge on any atom is -0.465 e. The van der Waals surface area contributed by atoms with Crippen LogP contribution in [0.3, 0.4) is 0 Å². The molecule has 8 nitrogen and oxygen atoms in total. The summed E-state index contributed by atoms with van der Waals surface area (Å²) in [5.74, 6) is 0.596. The minimum absolute atomic E-state index is 0.0354. The Hall–Kier alpha value is -4.04. The van der Waals surface area contributed by atoms with Gasteiger partial charge < -0.3 is 14.2 Å². The normalized spacial score (nSPS) is 23.1. The predicted molar refractivity (Wildman–Crippen MR) is 170 cm³/mol. The molecule has 8 heteroatoms. The first-order valence-electron chi connectivity index (χ1n) is 16.0. The molecule has 44 heavy (non-hydrogen) atoms. The molecule has 0 saturated carbocycles. The van der Waals surface area contributed by atoms with E-state index in [1.54, 1.807) is 12.1 Å². The zero-order chi connectivity index (χ0) is 30.3. The number of amides is 1. The van der Waals surface area contributed by atoms with Gasteiger partial charge in [0.15, 0.2) is 0 Å². The number of hydrogen-bond donors (Lipinski definition) is 0. The van der Waals surface area contributed by atoms with Gasteiger partial charge in [-0.2, -0.15) is 0 Å². The summed E-state index contributed by atoms with van der Waals surface area (Å²) >= 11 is 0. The molecule has 0 N–H and O–H groups in total. The number of esters is 1. The summed E-state index contributed by atoms with van der Waals surface area (Å²) in [6, 6.07) is 24.4. The van der Waals surface area contributed by atoms with Gasteiger partial charge in [0, 0.05) is 37.4 Å². The first-order chi connectivity index (χ1) is 21.5. The SMILES string of the molecule is COC(=O)c1ccc(C(=O)N2CCC(CCN3C4CCC3CC(n3c(C)nc5ccccc53)C4)(c3ccccc3)CC2)nc1. The first-order valence-corrected chi connectivity index (χ1v) is 16.0. The van der Waals surface area contributed by atoms with E-state index < -0.39 is 5.97 Å². The molecule has 2 aromatic carbocycles. The van der Waals surface area contributed by atoms with Crippen molar-refractivity contribution >= 4 is 22.9 Å². The van der Waals surface area contributed by atoms with Crippen molar-refractivity contribution in [3.8, 4) is 0 Å². The number of likely N-dealkylation sites (tertiary alicyclic amines) is 1. The maximum atomic E-state index is 13.4. The van der Waals surface area contributed by atoms with Crippen molar-refractivity contribution in [2.75, 3.05) is 26.7 Å². The standard InChI is InChI=1S/C36H41N5O3/c1-25-38-31-10-6-7-11-33(31)41(25)30-22-28-13-14-29(23-30)40(28)21-18-36(27-8-4-3-5-9-27)16-19-39(20-17-36)34(42)32-15-12-26(24-37-32)35(43)44-2/h3-12,15,24,28-30H,13-14,16-23H2,1-2H3. The van der Waals surface area contributed by atoms with E-state index in [-0.39, 0.29) is 11.3 Å². The quantitative estimate of drug-likeness (QED) is 0.247. The maximum absolute atomic E-state index is 13.4. The highest BCUT2D eigenvalue weighted by Crippen LogP contribution is 2.45. The monoisotopic (exact) mass is 591 g/mol. The summed E-state index contributed by atoms with van der Waals surface area (Å²) in [6.45, 7) is 4.62. The van der Waals surface area contributed by atoms with E-state index in [1.165, 1.54) is 50.1 Å². The Morgan fingerprint density at radius 3 is 2.30 bits per heavy atom. The van der Waals surface area contributed by atoms with Crippen molar-refractivity contribution in [1.82, 2.24) is 24.3 Å². The molecular formula is C36H41N5O3. The molecule has 3 saturated heterocycles. The van der Waals surface area contributed by atoms with E-state index in [2.05, 4.69) is 76.0 Å². The van der Waals surface area contributed by atoms with Crippen LogP contribution in [0, 0.1) is 6.92 Å². The molecule has 2 aromatic heterocycles. The molecule has 0 aliphatic carbocycles. The molecule has 3 fully saturated rings. The summed E-state index contributed by atoms with van der Waals surface area (Å²) in [6.07, 6.45) is 9.27. The van der Waals surface area contributed by atoms with E-state index in [0.29, 0.717) is 42.5 Å². The number of methoxy groups -OCH3 is 1. The van der Waals surface area contributed by atoms with Crippen molar-refractivity contribution in [2.45, 2.75) is 75.4 Å². The van der Waals surface area contributed by atoms with E-state index in [1.807, 2.05) is 4.90 Å². The summed E-state index contributed by atoms with van der Waals surface area (Å²) in [5, 5.41) is 0. The average Bonchev–Trinajstić information content (AvgIpc) is 3.53. The fraction of sp³-hybridized carbons (Fsp3) is 0.444. The van der Waals surface area contributed by atoms with Crippen LogP contribution < -0.4 is 0 Å². The number of imidazole rings is 1. The number of aryl methyl sites for hydroxylation is 1. The van der Waals surface area contributed by atoms with Gasteiger partial charge in [-0.15, -0.1) is 0 Å². The fourth-order valence-corrected chi connectivity index (χ4v) is 8.32. The number of piperidine rings is 2. The third-order valence-corrected chi connectivity index (χ3v) is 10.6. The molecule has 5 heterocycles. The highest BCUT2D eigenvalue weighted by atomic mass is 16.5.